The fourth-order valence-corrected chi connectivity index (χ4v) is 13.6. The van der Waals surface area contributed by atoms with Gasteiger partial charge in [0, 0.05) is 56.5 Å². The van der Waals surface area contributed by atoms with Crippen LogP contribution in [0.3, 0.4) is 0 Å². The molecular formula is C74H82BN3. The van der Waals surface area contributed by atoms with Crippen LogP contribution in [-0.4, -0.2) is 6.71 Å². The van der Waals surface area contributed by atoms with E-state index in [1.165, 1.54) is 107 Å². The second kappa shape index (κ2) is 17.6. The van der Waals surface area contributed by atoms with Crippen LogP contribution in [0.5, 0.6) is 0 Å². The lowest BCUT2D eigenvalue weighted by atomic mass is 9.33. The van der Waals surface area contributed by atoms with E-state index in [1.54, 1.807) is 5.56 Å². The summed E-state index contributed by atoms with van der Waals surface area (Å²) in [4.78, 5) is 7.84. The molecule has 78 heavy (non-hydrogen) atoms. The summed E-state index contributed by atoms with van der Waals surface area (Å²) < 4.78 is 0. The monoisotopic (exact) mass is 1020 g/mol. The number of rotatable bonds is 5. The summed E-state index contributed by atoms with van der Waals surface area (Å²) in [5, 5.41) is 0. The maximum Gasteiger partial charge on any atom is 0.252 e. The smallest absolute Gasteiger partial charge is 0.252 e. The minimum Gasteiger partial charge on any atom is -0.311 e. The van der Waals surface area contributed by atoms with Crippen molar-refractivity contribution >= 4 is 74.3 Å². The van der Waals surface area contributed by atoms with E-state index >= 15 is 0 Å². The van der Waals surface area contributed by atoms with Gasteiger partial charge < -0.3 is 14.7 Å². The number of benzene rings is 8. The maximum absolute atomic E-state index is 2.71. The van der Waals surface area contributed by atoms with Gasteiger partial charge in [-0.1, -0.05) is 203 Å². The van der Waals surface area contributed by atoms with E-state index in [9.17, 15) is 0 Å². The summed E-state index contributed by atoms with van der Waals surface area (Å²) in [6.45, 7) is 39.8. The minimum absolute atomic E-state index is 0.00378. The maximum atomic E-state index is 2.71. The first-order valence-corrected chi connectivity index (χ1v) is 29.1. The lowest BCUT2D eigenvalue weighted by molar-refractivity contribution is 0.590. The normalized spacial score (nSPS) is 15.4. The molecular weight excluding hydrogens is 942 g/mol. The molecule has 0 unspecified atom stereocenters. The van der Waals surface area contributed by atoms with Gasteiger partial charge in [0.05, 0.1) is 5.69 Å². The Morgan fingerprint density at radius 3 is 1.38 bits per heavy atom. The lowest BCUT2D eigenvalue weighted by Crippen LogP contribution is -2.61. The molecule has 8 aromatic rings. The summed E-state index contributed by atoms with van der Waals surface area (Å²) in [6.07, 6.45) is 3.53. The third-order valence-corrected chi connectivity index (χ3v) is 18.2. The molecule has 0 spiro atoms. The standard InChI is InChI=1S/C74H82BN3/c1-69(2,3)47-22-31-52(32-23-47)76(53-33-24-48(25-34-53)70(4,5)6)56-44-63-67-64(45-56)78(55-37-28-50(29-38-55)72(10,11)12)68-60(41-40-59-65(68)58-39-21-46-19-18-20-57(46)66(58)74(59,16)17)75(67)61-43-51(73(13,14)15)30-42-62(61)77(63)54-35-26-49(27-36-54)71(7,8)9/h21-45H,18-20H2,1-17H3. The van der Waals surface area contributed by atoms with Gasteiger partial charge in [-0.3, -0.25) is 0 Å². The number of aryl methyl sites for hydroxylation is 1. The van der Waals surface area contributed by atoms with E-state index in [4.69, 9.17) is 0 Å². The number of hydrogen-bond donors (Lipinski definition) is 0. The van der Waals surface area contributed by atoms with Crippen LogP contribution < -0.4 is 31.1 Å². The first-order chi connectivity index (χ1) is 36.6. The molecule has 0 fully saturated rings. The van der Waals surface area contributed by atoms with Crippen LogP contribution in [0.15, 0.2) is 152 Å². The summed E-state index contributed by atoms with van der Waals surface area (Å²) >= 11 is 0. The summed E-state index contributed by atoms with van der Waals surface area (Å²) in [6, 6.07) is 60.4. The average molecular weight is 1020 g/mol. The van der Waals surface area contributed by atoms with Gasteiger partial charge in [0.15, 0.2) is 0 Å². The Balaban J connectivity index is 1.23. The highest BCUT2D eigenvalue weighted by Gasteiger charge is 2.49. The first-order valence-electron chi connectivity index (χ1n) is 29.1. The van der Waals surface area contributed by atoms with Crippen molar-refractivity contribution in [2.24, 2.45) is 0 Å². The van der Waals surface area contributed by atoms with Crippen LogP contribution in [0, 0.1) is 0 Å². The second-order valence-corrected chi connectivity index (χ2v) is 29.1. The van der Waals surface area contributed by atoms with Gasteiger partial charge in [-0.2, -0.15) is 0 Å². The number of fused-ring (bicyclic) bond motifs is 10. The third kappa shape index (κ3) is 8.37. The Morgan fingerprint density at radius 1 is 0.423 bits per heavy atom. The van der Waals surface area contributed by atoms with Gasteiger partial charge in [-0.25, -0.2) is 0 Å². The van der Waals surface area contributed by atoms with E-state index in [2.05, 4.69) is 284 Å². The minimum atomic E-state index is -0.167. The van der Waals surface area contributed by atoms with Crippen LogP contribution in [-0.2, 0) is 45.3 Å². The van der Waals surface area contributed by atoms with E-state index in [1.807, 2.05) is 0 Å². The highest BCUT2D eigenvalue weighted by atomic mass is 15.2. The molecule has 0 aromatic heterocycles. The molecule has 2 heterocycles. The highest BCUT2D eigenvalue weighted by Crippen LogP contribution is 2.58. The average Bonchev–Trinajstić information content (AvgIpc) is 2.44. The predicted octanol–water partition coefficient (Wildman–Crippen LogP) is 18.5. The highest BCUT2D eigenvalue weighted by molar-refractivity contribution is 7.00. The van der Waals surface area contributed by atoms with Crippen molar-refractivity contribution in [2.75, 3.05) is 14.7 Å². The first kappa shape index (κ1) is 52.0. The molecule has 4 aliphatic rings. The lowest BCUT2D eigenvalue weighted by Gasteiger charge is -2.46. The molecule has 8 aromatic carbocycles. The summed E-state index contributed by atoms with van der Waals surface area (Å²) in [7, 11) is 0. The van der Waals surface area contributed by atoms with Crippen LogP contribution in [0.4, 0.5) is 51.2 Å². The Labute approximate surface area is 468 Å². The van der Waals surface area contributed by atoms with Gasteiger partial charge in [0.2, 0.25) is 0 Å². The Hall–Kier alpha value is -6.78. The van der Waals surface area contributed by atoms with Crippen molar-refractivity contribution in [1.29, 1.82) is 0 Å². The van der Waals surface area contributed by atoms with E-state index in [0.29, 0.717) is 0 Å². The molecule has 0 bridgehead atoms. The molecule has 0 amide bonds. The molecule has 0 radical (unpaired) electrons. The van der Waals surface area contributed by atoms with Gasteiger partial charge in [-0.05, 0) is 185 Å². The van der Waals surface area contributed by atoms with E-state index in [-0.39, 0.29) is 39.2 Å². The fourth-order valence-electron chi connectivity index (χ4n) is 13.6. The van der Waals surface area contributed by atoms with Crippen LogP contribution in [0.25, 0.3) is 11.1 Å². The molecule has 2 aliphatic carbocycles. The number of hydrogen-bond acceptors (Lipinski definition) is 3. The molecule has 0 atom stereocenters. The van der Waals surface area contributed by atoms with Crippen molar-refractivity contribution < 1.29 is 0 Å². The zero-order valence-electron chi connectivity index (χ0n) is 50.0. The second-order valence-electron chi connectivity index (χ2n) is 29.1. The molecule has 12 rings (SSSR count). The van der Waals surface area contributed by atoms with Gasteiger partial charge in [0.25, 0.3) is 6.71 Å². The van der Waals surface area contributed by atoms with Gasteiger partial charge in [-0.15, -0.1) is 0 Å². The summed E-state index contributed by atoms with van der Waals surface area (Å²) in [5.74, 6) is 0. The zero-order valence-corrected chi connectivity index (χ0v) is 50.0. The van der Waals surface area contributed by atoms with Crippen LogP contribution in [0.1, 0.15) is 174 Å². The Kier molecular flexibility index (Phi) is 11.7. The number of anilines is 9. The topological polar surface area (TPSA) is 9.72 Å². The molecule has 4 heteroatoms. The number of nitrogens with zero attached hydrogens (tertiary/aromatic N) is 3. The van der Waals surface area contributed by atoms with Crippen molar-refractivity contribution in [1.82, 2.24) is 0 Å². The molecule has 396 valence electrons. The molecule has 2 aliphatic heterocycles. The Bertz CT molecular complexity index is 3610. The fraction of sp³-hybridized carbons (Fsp3) is 0.351. The van der Waals surface area contributed by atoms with Crippen molar-refractivity contribution in [3.8, 4) is 11.1 Å². The Morgan fingerprint density at radius 2 is 0.885 bits per heavy atom. The quantitative estimate of drug-likeness (QED) is 0.159. The van der Waals surface area contributed by atoms with Crippen LogP contribution in [0.2, 0.25) is 0 Å². The largest absolute Gasteiger partial charge is 0.311 e. The van der Waals surface area contributed by atoms with Crippen molar-refractivity contribution in [3.05, 3.63) is 202 Å². The predicted molar refractivity (Wildman–Crippen MR) is 338 cm³/mol. The van der Waals surface area contributed by atoms with Gasteiger partial charge >= 0.3 is 0 Å². The van der Waals surface area contributed by atoms with E-state index in [0.717, 1.165) is 35.6 Å². The van der Waals surface area contributed by atoms with Crippen molar-refractivity contribution in [2.45, 2.75) is 169 Å². The zero-order chi connectivity index (χ0) is 55.4. The molecule has 3 nitrogen and oxygen atoms in total. The summed E-state index contributed by atoms with van der Waals surface area (Å²) in [5.41, 5.74) is 30.0. The van der Waals surface area contributed by atoms with Crippen LogP contribution >= 0.6 is 0 Å². The molecule has 0 N–H and O–H groups in total. The SMILES string of the molecule is CC(C)(C)c1ccc(N(c2ccc(C(C)(C)C)cc2)c2cc3c4c(c2)N(c2ccc(C(C)(C)C)cc2)c2c(ccc5c2-c2ccc6c(c2C5(C)C)CCC6)B4c2cc(C(C)(C)C)ccc2N3c2ccc(C(C)(C)C)cc2)cc1. The third-order valence-electron chi connectivity index (χ3n) is 18.2. The molecule has 0 saturated carbocycles. The van der Waals surface area contributed by atoms with Gasteiger partial charge in [0.1, 0.15) is 0 Å². The van der Waals surface area contributed by atoms with E-state index < -0.39 is 0 Å². The molecule has 0 saturated heterocycles. The van der Waals surface area contributed by atoms with Crippen molar-refractivity contribution in [3.63, 3.8) is 0 Å².